The summed E-state index contributed by atoms with van der Waals surface area (Å²) in [4.78, 5) is 26.6. The molecular weight excluding hydrogens is 486 g/mol. The molecule has 0 atom stereocenters. The number of hydrogen-bond acceptors (Lipinski definition) is 4. The Labute approximate surface area is 191 Å². The number of imide groups is 1. The quantitative estimate of drug-likeness (QED) is 0.357. The van der Waals surface area contributed by atoms with Crippen molar-refractivity contribution in [2.24, 2.45) is 0 Å². The number of hydrogen-bond donors (Lipinski definition) is 0. The highest BCUT2D eigenvalue weighted by Gasteiger charge is 2.37. The van der Waals surface area contributed by atoms with Crippen LogP contribution in [0.5, 0.6) is 5.75 Å². The maximum absolute atomic E-state index is 12.8. The second kappa shape index (κ2) is 9.08. The molecule has 0 radical (unpaired) electrons. The summed E-state index contributed by atoms with van der Waals surface area (Å²) in [5.74, 6) is 0.341. The monoisotopic (exact) mass is 499 g/mol. The molecule has 1 fully saturated rings. The number of ether oxygens (including phenoxy) is 1. The molecule has 0 spiro atoms. The zero-order chi connectivity index (χ0) is 21.1. The number of halogens is 2. The van der Waals surface area contributed by atoms with Crippen LogP contribution in [0.3, 0.4) is 0 Å². The fourth-order valence-electron chi connectivity index (χ4n) is 2.87. The molecule has 30 heavy (non-hydrogen) atoms. The zero-order valence-electron chi connectivity index (χ0n) is 15.5. The number of carbonyl (C=O) groups excluding carboxylic acids is 2. The lowest BCUT2D eigenvalue weighted by molar-refractivity contribution is -0.113. The molecule has 0 aromatic heterocycles. The summed E-state index contributed by atoms with van der Waals surface area (Å²) in [5, 5.41) is -0.0119. The minimum Gasteiger partial charge on any atom is -0.489 e. The Morgan fingerprint density at radius 1 is 0.967 bits per heavy atom. The summed E-state index contributed by atoms with van der Waals surface area (Å²) >= 11 is 10.5. The molecule has 1 aliphatic rings. The Bertz CT molecular complexity index is 1130. The van der Waals surface area contributed by atoms with E-state index in [0.29, 0.717) is 22.2 Å². The molecule has 150 valence electrons. The summed E-state index contributed by atoms with van der Waals surface area (Å²) < 4.78 is 6.82. The van der Waals surface area contributed by atoms with Crippen LogP contribution in [0.15, 0.2) is 82.2 Å². The van der Waals surface area contributed by atoms with Crippen molar-refractivity contribution in [1.82, 2.24) is 0 Å². The third-order valence-electron chi connectivity index (χ3n) is 4.38. The number of anilines is 1. The van der Waals surface area contributed by atoms with E-state index in [-0.39, 0.29) is 11.1 Å². The first-order chi connectivity index (χ1) is 14.5. The summed E-state index contributed by atoms with van der Waals surface area (Å²) in [7, 11) is 0. The molecule has 7 heteroatoms. The van der Waals surface area contributed by atoms with Crippen molar-refractivity contribution in [2.75, 3.05) is 4.90 Å². The van der Waals surface area contributed by atoms with Crippen molar-refractivity contribution in [1.29, 1.82) is 0 Å². The van der Waals surface area contributed by atoms with E-state index < -0.39 is 0 Å². The van der Waals surface area contributed by atoms with Crippen molar-refractivity contribution in [3.63, 3.8) is 0 Å². The number of thioether (sulfide) groups is 1. The predicted molar refractivity (Wildman–Crippen MR) is 125 cm³/mol. The SMILES string of the molecule is O=C1S/C(=C\c2ccc(OCc3ccc(Br)cc3)cc2)C(=O)N1c1ccccc1Cl. The van der Waals surface area contributed by atoms with Crippen LogP contribution in [0.2, 0.25) is 5.02 Å². The second-order valence-corrected chi connectivity index (χ2v) is 8.77. The largest absolute Gasteiger partial charge is 0.489 e. The van der Waals surface area contributed by atoms with Gasteiger partial charge in [0.15, 0.2) is 0 Å². The van der Waals surface area contributed by atoms with Gasteiger partial charge in [-0.2, -0.15) is 0 Å². The van der Waals surface area contributed by atoms with Crippen LogP contribution in [0.1, 0.15) is 11.1 Å². The third-order valence-corrected chi connectivity index (χ3v) is 6.10. The van der Waals surface area contributed by atoms with Gasteiger partial charge in [-0.25, -0.2) is 4.90 Å². The molecule has 2 amide bonds. The minimum absolute atomic E-state index is 0.350. The predicted octanol–water partition coefficient (Wildman–Crippen LogP) is 6.92. The van der Waals surface area contributed by atoms with Crippen molar-refractivity contribution in [3.8, 4) is 5.75 Å². The van der Waals surface area contributed by atoms with E-state index in [4.69, 9.17) is 16.3 Å². The maximum atomic E-state index is 12.8. The molecule has 1 heterocycles. The first kappa shape index (κ1) is 20.7. The van der Waals surface area contributed by atoms with Crippen LogP contribution in [0.4, 0.5) is 10.5 Å². The van der Waals surface area contributed by atoms with Crippen LogP contribution in [-0.2, 0) is 11.4 Å². The molecular formula is C23H15BrClNO3S. The Balaban J connectivity index is 1.46. The average molecular weight is 501 g/mol. The fourth-order valence-corrected chi connectivity index (χ4v) is 4.19. The molecule has 0 unspecified atom stereocenters. The standard InChI is InChI=1S/C23H15BrClNO3S/c24-17-9-5-16(6-10-17)14-29-18-11-7-15(8-12-18)13-21-22(27)26(23(28)30-21)20-4-2-1-3-19(20)25/h1-13H,14H2/b21-13-. The molecule has 1 saturated heterocycles. The lowest BCUT2D eigenvalue weighted by atomic mass is 10.2. The van der Waals surface area contributed by atoms with Gasteiger partial charge in [0, 0.05) is 4.47 Å². The number of benzene rings is 3. The van der Waals surface area contributed by atoms with Crippen LogP contribution >= 0.6 is 39.3 Å². The summed E-state index contributed by atoms with van der Waals surface area (Å²) in [6.45, 7) is 0.462. The number of amides is 2. The molecule has 3 aromatic carbocycles. The molecule has 1 aliphatic heterocycles. The molecule has 0 N–H and O–H groups in total. The van der Waals surface area contributed by atoms with Gasteiger partial charge in [-0.05, 0) is 65.4 Å². The summed E-state index contributed by atoms with van der Waals surface area (Å²) in [6, 6.07) is 22.1. The van der Waals surface area contributed by atoms with Crippen molar-refractivity contribution in [2.45, 2.75) is 6.61 Å². The van der Waals surface area contributed by atoms with Gasteiger partial charge >= 0.3 is 0 Å². The van der Waals surface area contributed by atoms with E-state index in [0.717, 1.165) is 38.0 Å². The van der Waals surface area contributed by atoms with Gasteiger partial charge in [-0.15, -0.1) is 0 Å². The van der Waals surface area contributed by atoms with Gasteiger partial charge in [0.25, 0.3) is 11.1 Å². The number of para-hydroxylation sites is 1. The first-order valence-corrected chi connectivity index (χ1v) is 11.0. The van der Waals surface area contributed by atoms with E-state index in [1.54, 1.807) is 30.3 Å². The van der Waals surface area contributed by atoms with E-state index in [1.807, 2.05) is 48.5 Å². The van der Waals surface area contributed by atoms with E-state index in [9.17, 15) is 9.59 Å². The lowest BCUT2D eigenvalue weighted by Gasteiger charge is -2.13. The van der Waals surface area contributed by atoms with Gasteiger partial charge in [0.05, 0.1) is 15.6 Å². The molecule has 0 saturated carbocycles. The summed E-state index contributed by atoms with van der Waals surface area (Å²) in [5.41, 5.74) is 2.26. The van der Waals surface area contributed by atoms with Crippen LogP contribution in [0, 0.1) is 0 Å². The lowest BCUT2D eigenvalue weighted by Crippen LogP contribution is -2.27. The fraction of sp³-hybridized carbons (Fsp3) is 0.0435. The van der Waals surface area contributed by atoms with E-state index in [1.165, 1.54) is 0 Å². The zero-order valence-corrected chi connectivity index (χ0v) is 18.7. The smallest absolute Gasteiger partial charge is 0.298 e. The third kappa shape index (κ3) is 4.61. The van der Waals surface area contributed by atoms with Crippen molar-refractivity contribution in [3.05, 3.63) is 98.3 Å². The Morgan fingerprint density at radius 3 is 2.37 bits per heavy atom. The van der Waals surface area contributed by atoms with Crippen LogP contribution in [-0.4, -0.2) is 11.1 Å². The van der Waals surface area contributed by atoms with Gasteiger partial charge in [-0.3, -0.25) is 9.59 Å². The number of carbonyl (C=O) groups is 2. The molecule has 4 nitrogen and oxygen atoms in total. The Kier molecular flexibility index (Phi) is 6.27. The molecule has 3 aromatic rings. The van der Waals surface area contributed by atoms with E-state index in [2.05, 4.69) is 15.9 Å². The molecule has 0 bridgehead atoms. The van der Waals surface area contributed by atoms with Gasteiger partial charge < -0.3 is 4.74 Å². The van der Waals surface area contributed by atoms with Crippen LogP contribution in [0.25, 0.3) is 6.08 Å². The average Bonchev–Trinajstić information content (AvgIpc) is 3.02. The van der Waals surface area contributed by atoms with Crippen molar-refractivity contribution < 1.29 is 14.3 Å². The van der Waals surface area contributed by atoms with Crippen molar-refractivity contribution >= 4 is 62.2 Å². The number of nitrogens with zero attached hydrogens (tertiary/aromatic N) is 1. The summed E-state index contributed by atoms with van der Waals surface area (Å²) in [6.07, 6.45) is 1.69. The normalized spacial score (nSPS) is 15.1. The van der Waals surface area contributed by atoms with Crippen LogP contribution < -0.4 is 9.64 Å². The molecule has 0 aliphatic carbocycles. The first-order valence-electron chi connectivity index (χ1n) is 9.01. The Hall–Kier alpha value is -2.54. The van der Waals surface area contributed by atoms with Gasteiger partial charge in [0.1, 0.15) is 12.4 Å². The highest BCUT2D eigenvalue weighted by atomic mass is 79.9. The maximum Gasteiger partial charge on any atom is 0.298 e. The van der Waals surface area contributed by atoms with E-state index >= 15 is 0 Å². The van der Waals surface area contributed by atoms with Gasteiger partial charge in [-0.1, -0.05) is 63.9 Å². The van der Waals surface area contributed by atoms with Gasteiger partial charge in [0.2, 0.25) is 0 Å². The highest BCUT2D eigenvalue weighted by molar-refractivity contribution is 9.10. The second-order valence-electron chi connectivity index (χ2n) is 6.45. The highest BCUT2D eigenvalue weighted by Crippen LogP contribution is 2.38. The number of rotatable bonds is 5. The Morgan fingerprint density at radius 2 is 1.67 bits per heavy atom. The molecule has 4 rings (SSSR count). The minimum atomic E-state index is -0.381. The topological polar surface area (TPSA) is 46.6 Å².